The van der Waals surface area contributed by atoms with E-state index in [-0.39, 0.29) is 0 Å². The Morgan fingerprint density at radius 1 is 1.00 bits per heavy atom. The fraction of sp³-hybridized carbons (Fsp3) is 0.529. The van der Waals surface area contributed by atoms with Crippen molar-refractivity contribution in [2.45, 2.75) is 58.0 Å². The number of hydrogen-bond donors (Lipinski definition) is 1. The molecule has 0 unspecified atom stereocenters. The lowest BCUT2D eigenvalue weighted by Crippen LogP contribution is -2.25. The normalized spacial score (nSPS) is 12.2. The molecule has 0 saturated heterocycles. The van der Waals surface area contributed by atoms with E-state index in [9.17, 15) is 5.11 Å². The van der Waals surface area contributed by atoms with Gasteiger partial charge in [0.2, 0.25) is 0 Å². The second-order valence-corrected chi connectivity index (χ2v) is 5.05. The van der Waals surface area contributed by atoms with Crippen LogP contribution in [0, 0.1) is 0 Å². The molecule has 1 rings (SSSR count). The van der Waals surface area contributed by atoms with Crippen LogP contribution in [0.5, 0.6) is 0 Å². The lowest BCUT2D eigenvalue weighted by Gasteiger charge is -2.24. The van der Waals surface area contributed by atoms with E-state index in [2.05, 4.69) is 26.0 Å². The third-order valence-electron chi connectivity index (χ3n) is 3.31. The third kappa shape index (κ3) is 5.50. The van der Waals surface area contributed by atoms with Gasteiger partial charge in [0.15, 0.2) is 0 Å². The first-order valence-corrected chi connectivity index (χ1v) is 7.17. The van der Waals surface area contributed by atoms with Crippen LogP contribution in [0.2, 0.25) is 0 Å². The maximum absolute atomic E-state index is 10.6. The number of aliphatic hydroxyl groups is 1. The Bertz CT molecular complexity index is 332. The summed E-state index contributed by atoms with van der Waals surface area (Å²) in [6.45, 7) is 4.34. The van der Waals surface area contributed by atoms with E-state index >= 15 is 0 Å². The van der Waals surface area contributed by atoms with Gasteiger partial charge < -0.3 is 5.11 Å². The SMILES string of the molecule is CCCCC(O)(/C=C/c1ccccc1)CCCC. The average Bonchev–Trinajstić information content (AvgIpc) is 2.42. The van der Waals surface area contributed by atoms with Crippen LogP contribution in [-0.2, 0) is 0 Å². The summed E-state index contributed by atoms with van der Waals surface area (Å²) in [5.41, 5.74) is 0.533. The Kier molecular flexibility index (Phi) is 6.74. The first-order valence-electron chi connectivity index (χ1n) is 7.17. The van der Waals surface area contributed by atoms with E-state index in [1.807, 2.05) is 30.4 Å². The molecule has 0 saturated carbocycles. The van der Waals surface area contributed by atoms with Crippen molar-refractivity contribution in [2.75, 3.05) is 0 Å². The average molecular weight is 246 g/mol. The van der Waals surface area contributed by atoms with Crippen LogP contribution >= 0.6 is 0 Å². The summed E-state index contributed by atoms with van der Waals surface area (Å²) in [6.07, 6.45) is 10.2. The minimum Gasteiger partial charge on any atom is -0.386 e. The maximum atomic E-state index is 10.6. The molecule has 0 atom stereocenters. The third-order valence-corrected chi connectivity index (χ3v) is 3.31. The molecule has 1 aromatic carbocycles. The fourth-order valence-electron chi connectivity index (χ4n) is 2.07. The van der Waals surface area contributed by atoms with E-state index in [1.165, 1.54) is 0 Å². The predicted octanol–water partition coefficient (Wildman–Crippen LogP) is 4.81. The first-order chi connectivity index (χ1) is 8.70. The molecule has 0 aliphatic heterocycles. The van der Waals surface area contributed by atoms with Gasteiger partial charge in [-0.3, -0.25) is 0 Å². The lowest BCUT2D eigenvalue weighted by atomic mass is 9.90. The van der Waals surface area contributed by atoms with E-state index in [0.717, 1.165) is 44.1 Å². The molecular formula is C17H26O. The van der Waals surface area contributed by atoms with Crippen molar-refractivity contribution < 1.29 is 5.11 Å². The molecular weight excluding hydrogens is 220 g/mol. The number of hydrogen-bond acceptors (Lipinski definition) is 1. The number of benzene rings is 1. The van der Waals surface area contributed by atoms with Gasteiger partial charge >= 0.3 is 0 Å². The first kappa shape index (κ1) is 15.0. The van der Waals surface area contributed by atoms with Crippen LogP contribution in [0.25, 0.3) is 6.08 Å². The highest BCUT2D eigenvalue weighted by Crippen LogP contribution is 2.24. The summed E-state index contributed by atoms with van der Waals surface area (Å²) < 4.78 is 0. The maximum Gasteiger partial charge on any atom is 0.0830 e. The van der Waals surface area contributed by atoms with Crippen molar-refractivity contribution >= 4 is 6.08 Å². The Balaban J connectivity index is 2.67. The van der Waals surface area contributed by atoms with Gasteiger partial charge in [-0.05, 0) is 18.4 Å². The minimum absolute atomic E-state index is 0.623. The van der Waals surface area contributed by atoms with Crippen LogP contribution in [0.4, 0.5) is 0 Å². The largest absolute Gasteiger partial charge is 0.386 e. The van der Waals surface area contributed by atoms with Gasteiger partial charge in [-0.25, -0.2) is 0 Å². The van der Waals surface area contributed by atoms with E-state index in [4.69, 9.17) is 0 Å². The summed E-state index contributed by atoms with van der Waals surface area (Å²) in [5.74, 6) is 0. The summed E-state index contributed by atoms with van der Waals surface area (Å²) in [5, 5.41) is 10.6. The molecule has 0 bridgehead atoms. The summed E-state index contributed by atoms with van der Waals surface area (Å²) in [4.78, 5) is 0. The second kappa shape index (κ2) is 8.10. The summed E-state index contributed by atoms with van der Waals surface area (Å²) in [6, 6.07) is 10.2. The van der Waals surface area contributed by atoms with Gasteiger partial charge in [0.25, 0.3) is 0 Å². The summed E-state index contributed by atoms with van der Waals surface area (Å²) in [7, 11) is 0. The molecule has 1 aromatic rings. The molecule has 0 heterocycles. The van der Waals surface area contributed by atoms with Gasteiger partial charge in [-0.1, -0.05) is 82.0 Å². The van der Waals surface area contributed by atoms with Crippen LogP contribution in [0.15, 0.2) is 36.4 Å². The molecule has 0 spiro atoms. The zero-order chi connectivity index (χ0) is 13.3. The molecule has 0 aliphatic carbocycles. The smallest absolute Gasteiger partial charge is 0.0830 e. The highest BCUT2D eigenvalue weighted by molar-refractivity contribution is 5.50. The lowest BCUT2D eigenvalue weighted by molar-refractivity contribution is 0.0682. The van der Waals surface area contributed by atoms with Crippen LogP contribution in [0.1, 0.15) is 57.9 Å². The second-order valence-electron chi connectivity index (χ2n) is 5.05. The van der Waals surface area contributed by atoms with Crippen molar-refractivity contribution in [3.63, 3.8) is 0 Å². The van der Waals surface area contributed by atoms with Gasteiger partial charge in [0.1, 0.15) is 0 Å². The number of unbranched alkanes of at least 4 members (excludes halogenated alkanes) is 2. The van der Waals surface area contributed by atoms with Gasteiger partial charge in [0.05, 0.1) is 5.60 Å². The molecule has 0 fully saturated rings. The molecule has 0 amide bonds. The number of rotatable bonds is 8. The molecule has 18 heavy (non-hydrogen) atoms. The van der Waals surface area contributed by atoms with E-state index in [1.54, 1.807) is 0 Å². The quantitative estimate of drug-likeness (QED) is 0.697. The van der Waals surface area contributed by atoms with Crippen LogP contribution in [-0.4, -0.2) is 10.7 Å². The van der Waals surface area contributed by atoms with Crippen molar-refractivity contribution in [3.05, 3.63) is 42.0 Å². The minimum atomic E-state index is -0.623. The molecule has 0 aromatic heterocycles. The van der Waals surface area contributed by atoms with Crippen LogP contribution in [0.3, 0.4) is 0 Å². The van der Waals surface area contributed by atoms with Crippen molar-refractivity contribution in [3.8, 4) is 0 Å². The zero-order valence-electron chi connectivity index (χ0n) is 11.7. The predicted molar refractivity (Wildman–Crippen MR) is 79.5 cm³/mol. The van der Waals surface area contributed by atoms with Gasteiger partial charge in [0, 0.05) is 0 Å². The molecule has 0 aliphatic rings. The fourth-order valence-corrected chi connectivity index (χ4v) is 2.07. The van der Waals surface area contributed by atoms with Crippen molar-refractivity contribution in [1.29, 1.82) is 0 Å². The standard InChI is InChI=1S/C17H26O/c1-3-5-13-17(18,14-6-4-2)15-12-16-10-8-7-9-11-16/h7-12,15,18H,3-6,13-14H2,1-2H3/b15-12+. The molecule has 1 N–H and O–H groups in total. The van der Waals surface area contributed by atoms with Crippen LogP contribution < -0.4 is 0 Å². The highest BCUT2D eigenvalue weighted by atomic mass is 16.3. The van der Waals surface area contributed by atoms with Gasteiger partial charge in [-0.2, -0.15) is 0 Å². The summed E-state index contributed by atoms with van der Waals surface area (Å²) >= 11 is 0. The molecule has 1 heteroatoms. The van der Waals surface area contributed by atoms with Crippen molar-refractivity contribution in [2.24, 2.45) is 0 Å². The van der Waals surface area contributed by atoms with E-state index in [0.29, 0.717) is 0 Å². The van der Waals surface area contributed by atoms with E-state index < -0.39 is 5.60 Å². The monoisotopic (exact) mass is 246 g/mol. The molecule has 100 valence electrons. The topological polar surface area (TPSA) is 20.2 Å². The zero-order valence-corrected chi connectivity index (χ0v) is 11.7. The van der Waals surface area contributed by atoms with Gasteiger partial charge in [-0.15, -0.1) is 0 Å². The molecule has 1 nitrogen and oxygen atoms in total. The highest BCUT2D eigenvalue weighted by Gasteiger charge is 2.21. The molecule has 0 radical (unpaired) electrons. The Labute approximate surface area is 112 Å². The van der Waals surface area contributed by atoms with Crippen molar-refractivity contribution in [1.82, 2.24) is 0 Å². The Morgan fingerprint density at radius 2 is 1.56 bits per heavy atom. The Hall–Kier alpha value is -1.08. The Morgan fingerprint density at radius 3 is 2.06 bits per heavy atom.